The molecular formula is C11H20N2O3. The van der Waals surface area contributed by atoms with Crippen LogP contribution in [0.2, 0.25) is 0 Å². The van der Waals surface area contributed by atoms with Crippen molar-refractivity contribution in [3.8, 4) is 12.3 Å². The van der Waals surface area contributed by atoms with Crippen LogP contribution in [0.4, 0.5) is 0 Å². The zero-order chi connectivity index (χ0) is 12.1. The second kappa shape index (κ2) is 12.0. The number of hydrogen-bond acceptors (Lipinski definition) is 4. The fourth-order valence-electron chi connectivity index (χ4n) is 0.957. The van der Waals surface area contributed by atoms with E-state index in [1.807, 2.05) is 0 Å². The summed E-state index contributed by atoms with van der Waals surface area (Å²) >= 11 is 0. The van der Waals surface area contributed by atoms with E-state index in [-0.39, 0.29) is 12.5 Å². The van der Waals surface area contributed by atoms with Crippen LogP contribution in [0.3, 0.4) is 0 Å². The van der Waals surface area contributed by atoms with Crippen molar-refractivity contribution in [2.75, 3.05) is 46.6 Å². The minimum atomic E-state index is -0.0489. The Hall–Kier alpha value is -1.09. The maximum Gasteiger partial charge on any atom is 0.233 e. The number of methoxy groups -OCH3 is 1. The van der Waals surface area contributed by atoms with E-state index >= 15 is 0 Å². The van der Waals surface area contributed by atoms with E-state index in [2.05, 4.69) is 16.6 Å². The smallest absolute Gasteiger partial charge is 0.233 e. The van der Waals surface area contributed by atoms with E-state index < -0.39 is 0 Å². The first-order valence-electron chi connectivity index (χ1n) is 5.28. The van der Waals surface area contributed by atoms with E-state index in [0.717, 1.165) is 6.42 Å². The van der Waals surface area contributed by atoms with E-state index in [1.54, 1.807) is 7.11 Å². The first-order chi connectivity index (χ1) is 7.81. The summed E-state index contributed by atoms with van der Waals surface area (Å²) in [6.45, 7) is 3.10. The minimum Gasteiger partial charge on any atom is -0.382 e. The first kappa shape index (κ1) is 14.9. The van der Waals surface area contributed by atoms with Crippen LogP contribution in [-0.2, 0) is 14.3 Å². The second-order valence-electron chi connectivity index (χ2n) is 3.12. The summed E-state index contributed by atoms with van der Waals surface area (Å²) in [5.74, 6) is 2.35. The van der Waals surface area contributed by atoms with Gasteiger partial charge in [0.1, 0.15) is 0 Å². The molecule has 16 heavy (non-hydrogen) atoms. The Balaban J connectivity index is 3.12. The van der Waals surface area contributed by atoms with Crippen molar-refractivity contribution in [1.29, 1.82) is 0 Å². The number of carbonyl (C=O) groups excluding carboxylic acids is 1. The molecule has 0 aliphatic rings. The topological polar surface area (TPSA) is 59.6 Å². The van der Waals surface area contributed by atoms with E-state index in [0.29, 0.717) is 32.9 Å². The highest BCUT2D eigenvalue weighted by Gasteiger charge is 1.98. The highest BCUT2D eigenvalue weighted by Crippen LogP contribution is 1.81. The molecule has 0 aromatic rings. The van der Waals surface area contributed by atoms with Crippen LogP contribution in [0.1, 0.15) is 6.42 Å². The Morgan fingerprint density at radius 1 is 1.38 bits per heavy atom. The molecule has 0 saturated heterocycles. The molecule has 0 spiro atoms. The van der Waals surface area contributed by atoms with Crippen LogP contribution in [0, 0.1) is 12.3 Å². The Bertz CT molecular complexity index is 214. The molecule has 0 heterocycles. The molecule has 0 aromatic carbocycles. The fraction of sp³-hybridized carbons (Fsp3) is 0.727. The molecule has 0 rings (SSSR count). The number of rotatable bonds is 10. The number of nitrogens with one attached hydrogen (secondary N) is 2. The molecule has 92 valence electrons. The lowest BCUT2D eigenvalue weighted by Crippen LogP contribution is -2.34. The van der Waals surface area contributed by atoms with Gasteiger partial charge in [-0.2, -0.15) is 0 Å². The first-order valence-corrected chi connectivity index (χ1v) is 5.28. The average molecular weight is 228 g/mol. The standard InChI is InChI=1S/C11H20N2O3/c1-3-5-12-10-11(14)13-6-4-7-16-9-8-15-2/h1,12H,4-10H2,2H3,(H,13,14). The van der Waals surface area contributed by atoms with Gasteiger partial charge in [-0.1, -0.05) is 5.92 Å². The highest BCUT2D eigenvalue weighted by atomic mass is 16.5. The Morgan fingerprint density at radius 2 is 2.19 bits per heavy atom. The van der Waals surface area contributed by atoms with E-state index in [1.165, 1.54) is 0 Å². The van der Waals surface area contributed by atoms with Gasteiger partial charge in [0.05, 0.1) is 26.3 Å². The van der Waals surface area contributed by atoms with Gasteiger partial charge in [0.15, 0.2) is 0 Å². The van der Waals surface area contributed by atoms with Crippen molar-refractivity contribution in [3.05, 3.63) is 0 Å². The van der Waals surface area contributed by atoms with Crippen LogP contribution < -0.4 is 10.6 Å². The van der Waals surface area contributed by atoms with Gasteiger partial charge in [-0.25, -0.2) is 0 Å². The Kier molecular flexibility index (Phi) is 11.2. The van der Waals surface area contributed by atoms with Crippen molar-refractivity contribution in [2.45, 2.75) is 6.42 Å². The van der Waals surface area contributed by atoms with Gasteiger partial charge in [0.2, 0.25) is 5.91 Å². The zero-order valence-electron chi connectivity index (χ0n) is 9.75. The molecule has 0 aliphatic carbocycles. The molecular weight excluding hydrogens is 208 g/mol. The lowest BCUT2D eigenvalue weighted by Gasteiger charge is -2.06. The quantitative estimate of drug-likeness (QED) is 0.386. The molecule has 5 heteroatoms. The third kappa shape index (κ3) is 11.0. The molecule has 0 aromatic heterocycles. The van der Waals surface area contributed by atoms with Crippen molar-refractivity contribution in [2.24, 2.45) is 0 Å². The average Bonchev–Trinajstić information content (AvgIpc) is 2.28. The van der Waals surface area contributed by atoms with Crippen molar-refractivity contribution in [3.63, 3.8) is 0 Å². The van der Waals surface area contributed by atoms with Crippen LogP contribution in [0.5, 0.6) is 0 Å². The normalized spacial score (nSPS) is 9.75. The van der Waals surface area contributed by atoms with Crippen molar-refractivity contribution >= 4 is 5.91 Å². The number of amides is 1. The van der Waals surface area contributed by atoms with Gasteiger partial charge in [-0.3, -0.25) is 10.1 Å². The number of carbonyl (C=O) groups is 1. The summed E-state index contributed by atoms with van der Waals surface area (Å²) in [6.07, 6.45) is 5.82. The maximum atomic E-state index is 11.2. The molecule has 0 unspecified atom stereocenters. The summed E-state index contributed by atoms with van der Waals surface area (Å²) < 4.78 is 10.1. The Morgan fingerprint density at radius 3 is 2.88 bits per heavy atom. The zero-order valence-corrected chi connectivity index (χ0v) is 9.75. The van der Waals surface area contributed by atoms with Crippen LogP contribution >= 0.6 is 0 Å². The summed E-state index contributed by atoms with van der Waals surface area (Å²) in [4.78, 5) is 11.2. The van der Waals surface area contributed by atoms with E-state index in [9.17, 15) is 4.79 Å². The molecule has 2 N–H and O–H groups in total. The number of hydrogen-bond donors (Lipinski definition) is 2. The summed E-state index contributed by atoms with van der Waals surface area (Å²) in [5, 5.41) is 5.56. The summed E-state index contributed by atoms with van der Waals surface area (Å²) in [5.41, 5.74) is 0. The predicted molar refractivity (Wildman–Crippen MR) is 62.0 cm³/mol. The molecule has 0 aliphatic heterocycles. The van der Waals surface area contributed by atoms with Gasteiger partial charge < -0.3 is 14.8 Å². The van der Waals surface area contributed by atoms with Gasteiger partial charge >= 0.3 is 0 Å². The number of terminal acetylenes is 1. The maximum absolute atomic E-state index is 11.2. The minimum absolute atomic E-state index is 0.0489. The van der Waals surface area contributed by atoms with Crippen LogP contribution in [0.25, 0.3) is 0 Å². The van der Waals surface area contributed by atoms with Crippen LogP contribution in [-0.4, -0.2) is 52.5 Å². The molecule has 0 saturated carbocycles. The van der Waals surface area contributed by atoms with Crippen molar-refractivity contribution < 1.29 is 14.3 Å². The molecule has 0 bridgehead atoms. The number of ether oxygens (including phenoxy) is 2. The highest BCUT2D eigenvalue weighted by molar-refractivity contribution is 5.77. The predicted octanol–water partition coefficient (Wildman–Crippen LogP) is -0.621. The second-order valence-corrected chi connectivity index (χ2v) is 3.12. The van der Waals surface area contributed by atoms with Gasteiger partial charge in [0, 0.05) is 20.3 Å². The SMILES string of the molecule is C#CCNCC(=O)NCCCOCCOC. The van der Waals surface area contributed by atoms with E-state index in [4.69, 9.17) is 15.9 Å². The lowest BCUT2D eigenvalue weighted by molar-refractivity contribution is -0.120. The molecule has 0 radical (unpaired) electrons. The largest absolute Gasteiger partial charge is 0.382 e. The fourth-order valence-corrected chi connectivity index (χ4v) is 0.957. The Labute approximate surface area is 96.9 Å². The van der Waals surface area contributed by atoms with Gasteiger partial charge in [0.25, 0.3) is 0 Å². The van der Waals surface area contributed by atoms with Gasteiger partial charge in [-0.15, -0.1) is 6.42 Å². The molecule has 0 atom stereocenters. The third-order valence-electron chi connectivity index (χ3n) is 1.73. The molecule has 0 fully saturated rings. The van der Waals surface area contributed by atoms with Gasteiger partial charge in [-0.05, 0) is 6.42 Å². The monoisotopic (exact) mass is 228 g/mol. The lowest BCUT2D eigenvalue weighted by atomic mass is 10.4. The molecule has 1 amide bonds. The molecule has 5 nitrogen and oxygen atoms in total. The van der Waals surface area contributed by atoms with Crippen molar-refractivity contribution in [1.82, 2.24) is 10.6 Å². The van der Waals surface area contributed by atoms with Crippen LogP contribution in [0.15, 0.2) is 0 Å². The summed E-state index contributed by atoms with van der Waals surface area (Å²) in [7, 11) is 1.63. The third-order valence-corrected chi connectivity index (χ3v) is 1.73. The summed E-state index contributed by atoms with van der Waals surface area (Å²) in [6, 6.07) is 0.